The topological polar surface area (TPSA) is 66.0 Å². The highest BCUT2D eigenvalue weighted by Gasteiger charge is 2.04. The van der Waals surface area contributed by atoms with Crippen LogP contribution in [0.1, 0.15) is 13.8 Å². The third kappa shape index (κ3) is 2.31. The SMILES string of the molecule is CC(C)Oc1cc(N)cc(-n2cncn2)c1. The van der Waals surface area contributed by atoms with Gasteiger partial charge in [-0.25, -0.2) is 9.67 Å². The van der Waals surface area contributed by atoms with Gasteiger partial charge in [0.2, 0.25) is 0 Å². The van der Waals surface area contributed by atoms with E-state index in [1.54, 1.807) is 17.1 Å². The van der Waals surface area contributed by atoms with E-state index in [0.29, 0.717) is 5.69 Å². The zero-order valence-electron chi connectivity index (χ0n) is 9.29. The zero-order chi connectivity index (χ0) is 11.5. The minimum atomic E-state index is 0.116. The molecule has 0 aliphatic carbocycles. The molecule has 2 N–H and O–H groups in total. The van der Waals surface area contributed by atoms with Crippen LogP contribution in [0.25, 0.3) is 5.69 Å². The molecular weight excluding hydrogens is 204 g/mol. The number of hydrogen-bond acceptors (Lipinski definition) is 4. The van der Waals surface area contributed by atoms with Crippen molar-refractivity contribution in [1.82, 2.24) is 14.8 Å². The Morgan fingerprint density at radius 2 is 2.12 bits per heavy atom. The van der Waals surface area contributed by atoms with E-state index in [4.69, 9.17) is 10.5 Å². The molecule has 84 valence electrons. The second-order valence-electron chi connectivity index (χ2n) is 3.77. The molecule has 5 heteroatoms. The van der Waals surface area contributed by atoms with Crippen LogP contribution in [-0.2, 0) is 0 Å². The van der Waals surface area contributed by atoms with E-state index in [-0.39, 0.29) is 6.10 Å². The average Bonchev–Trinajstić information content (AvgIpc) is 2.67. The first-order valence-corrected chi connectivity index (χ1v) is 5.07. The van der Waals surface area contributed by atoms with Gasteiger partial charge >= 0.3 is 0 Å². The number of nitrogens with two attached hydrogens (primary N) is 1. The first-order chi connectivity index (χ1) is 7.65. The number of rotatable bonds is 3. The summed E-state index contributed by atoms with van der Waals surface area (Å²) in [5.41, 5.74) is 7.28. The molecule has 0 aliphatic heterocycles. The van der Waals surface area contributed by atoms with Gasteiger partial charge in [0.05, 0.1) is 11.8 Å². The van der Waals surface area contributed by atoms with Crippen molar-refractivity contribution >= 4 is 5.69 Å². The Kier molecular flexibility index (Phi) is 2.76. The quantitative estimate of drug-likeness (QED) is 0.795. The molecule has 1 aromatic carbocycles. The Labute approximate surface area is 93.9 Å². The molecule has 0 spiro atoms. The second-order valence-corrected chi connectivity index (χ2v) is 3.77. The van der Waals surface area contributed by atoms with Crippen LogP contribution in [0, 0.1) is 0 Å². The molecule has 0 bridgehead atoms. The highest BCUT2D eigenvalue weighted by molar-refractivity contribution is 5.53. The molecule has 0 aliphatic rings. The molecule has 0 unspecified atom stereocenters. The van der Waals surface area contributed by atoms with Gasteiger partial charge < -0.3 is 10.5 Å². The zero-order valence-corrected chi connectivity index (χ0v) is 9.29. The van der Waals surface area contributed by atoms with Crippen LogP contribution in [0.2, 0.25) is 0 Å². The van der Waals surface area contributed by atoms with E-state index in [1.165, 1.54) is 6.33 Å². The molecule has 16 heavy (non-hydrogen) atoms. The first-order valence-electron chi connectivity index (χ1n) is 5.07. The number of anilines is 1. The molecule has 5 nitrogen and oxygen atoms in total. The first kappa shape index (κ1) is 10.5. The van der Waals surface area contributed by atoms with Gasteiger partial charge in [0.15, 0.2) is 0 Å². The Morgan fingerprint density at radius 3 is 2.75 bits per heavy atom. The van der Waals surface area contributed by atoms with Crippen LogP contribution < -0.4 is 10.5 Å². The minimum Gasteiger partial charge on any atom is -0.491 e. The molecule has 0 saturated carbocycles. The molecule has 0 amide bonds. The number of hydrogen-bond donors (Lipinski definition) is 1. The van der Waals surface area contributed by atoms with Crippen LogP contribution >= 0.6 is 0 Å². The van der Waals surface area contributed by atoms with Crippen molar-refractivity contribution in [3.8, 4) is 11.4 Å². The van der Waals surface area contributed by atoms with E-state index in [9.17, 15) is 0 Å². The van der Waals surface area contributed by atoms with Crippen LogP contribution in [0.5, 0.6) is 5.75 Å². The van der Waals surface area contributed by atoms with Gasteiger partial charge in [-0.1, -0.05) is 0 Å². The highest BCUT2D eigenvalue weighted by atomic mass is 16.5. The summed E-state index contributed by atoms with van der Waals surface area (Å²) in [6.07, 6.45) is 3.21. The van der Waals surface area contributed by atoms with Crippen molar-refractivity contribution in [2.45, 2.75) is 20.0 Å². The van der Waals surface area contributed by atoms with Crippen molar-refractivity contribution in [3.05, 3.63) is 30.9 Å². The lowest BCUT2D eigenvalue weighted by Gasteiger charge is -2.11. The monoisotopic (exact) mass is 218 g/mol. The maximum atomic E-state index is 5.80. The van der Waals surface area contributed by atoms with E-state index in [0.717, 1.165) is 11.4 Å². The van der Waals surface area contributed by atoms with Gasteiger partial charge in [-0.2, -0.15) is 5.10 Å². The molecule has 0 radical (unpaired) electrons. The smallest absolute Gasteiger partial charge is 0.138 e. The van der Waals surface area contributed by atoms with Crippen LogP contribution in [0.15, 0.2) is 30.9 Å². The van der Waals surface area contributed by atoms with Gasteiger partial charge in [0.25, 0.3) is 0 Å². The molecule has 2 rings (SSSR count). The van der Waals surface area contributed by atoms with Crippen molar-refractivity contribution < 1.29 is 4.74 Å². The average molecular weight is 218 g/mol. The summed E-state index contributed by atoms with van der Waals surface area (Å²) in [7, 11) is 0. The summed E-state index contributed by atoms with van der Waals surface area (Å²) in [4.78, 5) is 3.89. The number of ether oxygens (including phenoxy) is 1. The normalized spacial score (nSPS) is 10.7. The highest BCUT2D eigenvalue weighted by Crippen LogP contribution is 2.21. The summed E-state index contributed by atoms with van der Waals surface area (Å²) in [6.45, 7) is 3.94. The van der Waals surface area contributed by atoms with Crippen LogP contribution in [0.3, 0.4) is 0 Å². The summed E-state index contributed by atoms with van der Waals surface area (Å²) in [5.74, 6) is 0.737. The second kappa shape index (κ2) is 4.22. The fraction of sp³-hybridized carbons (Fsp3) is 0.273. The van der Waals surface area contributed by atoms with Gasteiger partial charge in [-0.05, 0) is 19.9 Å². The van der Waals surface area contributed by atoms with Gasteiger partial charge in [0.1, 0.15) is 18.4 Å². The maximum absolute atomic E-state index is 5.80. The van der Waals surface area contributed by atoms with E-state index >= 15 is 0 Å². The minimum absolute atomic E-state index is 0.116. The maximum Gasteiger partial charge on any atom is 0.138 e. The van der Waals surface area contributed by atoms with Crippen LogP contribution in [0.4, 0.5) is 5.69 Å². The Hall–Kier alpha value is -2.04. The molecule has 2 aromatic rings. The summed E-state index contributed by atoms with van der Waals surface area (Å²) >= 11 is 0. The van der Waals surface area contributed by atoms with E-state index < -0.39 is 0 Å². The number of benzene rings is 1. The molecule has 0 atom stereocenters. The van der Waals surface area contributed by atoms with Crippen molar-refractivity contribution in [1.29, 1.82) is 0 Å². The molecule has 0 saturated heterocycles. The number of aromatic nitrogens is 3. The Balaban J connectivity index is 2.36. The predicted octanol–water partition coefficient (Wildman–Crippen LogP) is 1.64. The summed E-state index contributed by atoms with van der Waals surface area (Å²) in [6, 6.07) is 5.49. The van der Waals surface area contributed by atoms with Crippen molar-refractivity contribution in [2.75, 3.05) is 5.73 Å². The molecule has 0 fully saturated rings. The van der Waals surface area contributed by atoms with E-state index in [1.807, 2.05) is 26.0 Å². The Morgan fingerprint density at radius 1 is 1.31 bits per heavy atom. The molecule has 1 aromatic heterocycles. The number of nitrogens with zero attached hydrogens (tertiary/aromatic N) is 3. The Bertz CT molecular complexity index is 465. The largest absolute Gasteiger partial charge is 0.491 e. The fourth-order valence-corrected chi connectivity index (χ4v) is 1.42. The fourth-order valence-electron chi connectivity index (χ4n) is 1.42. The lowest BCUT2D eigenvalue weighted by atomic mass is 10.2. The standard InChI is InChI=1S/C11H14N4O/c1-8(2)16-11-4-9(12)3-10(5-11)15-7-13-6-14-15/h3-8H,12H2,1-2H3. The molecular formula is C11H14N4O. The summed E-state index contributed by atoms with van der Waals surface area (Å²) in [5, 5.41) is 4.04. The predicted molar refractivity (Wildman–Crippen MR) is 61.5 cm³/mol. The third-order valence-electron chi connectivity index (χ3n) is 1.97. The molecule has 1 heterocycles. The van der Waals surface area contributed by atoms with Crippen molar-refractivity contribution in [3.63, 3.8) is 0 Å². The lowest BCUT2D eigenvalue weighted by Crippen LogP contribution is -2.06. The van der Waals surface area contributed by atoms with Crippen LogP contribution in [-0.4, -0.2) is 20.9 Å². The van der Waals surface area contributed by atoms with Gasteiger partial charge in [-0.15, -0.1) is 0 Å². The van der Waals surface area contributed by atoms with E-state index in [2.05, 4.69) is 10.1 Å². The number of nitrogen functional groups attached to an aromatic ring is 1. The third-order valence-corrected chi connectivity index (χ3v) is 1.97. The van der Waals surface area contributed by atoms with Gasteiger partial charge in [0, 0.05) is 17.8 Å². The van der Waals surface area contributed by atoms with Gasteiger partial charge in [-0.3, -0.25) is 0 Å². The summed E-state index contributed by atoms with van der Waals surface area (Å²) < 4.78 is 7.23. The lowest BCUT2D eigenvalue weighted by molar-refractivity contribution is 0.242. The van der Waals surface area contributed by atoms with Crippen molar-refractivity contribution in [2.24, 2.45) is 0 Å².